The van der Waals surface area contributed by atoms with Gasteiger partial charge in [0.2, 0.25) is 0 Å². The van der Waals surface area contributed by atoms with Crippen molar-refractivity contribution in [1.29, 1.82) is 0 Å². The molecule has 0 atom stereocenters. The minimum Gasteiger partial charge on any atom is -0.491 e. The van der Waals surface area contributed by atoms with E-state index in [2.05, 4.69) is 10.00 Å². The van der Waals surface area contributed by atoms with E-state index in [9.17, 15) is 14.0 Å². The van der Waals surface area contributed by atoms with Gasteiger partial charge in [-0.3, -0.25) is 9.59 Å². The van der Waals surface area contributed by atoms with Gasteiger partial charge in [-0.05, 0) is 25.1 Å². The lowest BCUT2D eigenvalue weighted by atomic mass is 10.1. The molecule has 0 unspecified atom stereocenters. The Morgan fingerprint density at radius 3 is 2.58 bits per heavy atom. The zero-order valence-electron chi connectivity index (χ0n) is 17.3. The molecule has 2 aliphatic rings. The second kappa shape index (κ2) is 7.68. The number of amides is 1. The van der Waals surface area contributed by atoms with Crippen molar-refractivity contribution in [2.45, 2.75) is 19.9 Å². The Hall–Kier alpha value is -3.42. The number of ether oxygens (including phenoxy) is 1. The second-order valence-electron chi connectivity index (χ2n) is 7.77. The summed E-state index contributed by atoms with van der Waals surface area (Å²) in [5, 5.41) is 5.44. The molecule has 1 amide bonds. The molecule has 2 aromatic carbocycles. The lowest BCUT2D eigenvalue weighted by Gasteiger charge is -2.36. The van der Waals surface area contributed by atoms with Crippen LogP contribution in [-0.2, 0) is 13.0 Å². The van der Waals surface area contributed by atoms with E-state index in [1.807, 2.05) is 13.0 Å². The Bertz CT molecular complexity index is 1230. The SMILES string of the molecule is CCn1nc(C(=O)N2CCN(c3ccc(F)c4c3OCC4)CC2)c2ccccc2c1=O. The van der Waals surface area contributed by atoms with Crippen LogP contribution in [0.4, 0.5) is 10.1 Å². The number of fused-ring (bicyclic) bond motifs is 2. The minimum absolute atomic E-state index is 0.182. The van der Waals surface area contributed by atoms with E-state index in [1.54, 1.807) is 29.2 Å². The molecule has 1 fully saturated rings. The zero-order chi connectivity index (χ0) is 21.5. The Morgan fingerprint density at radius 1 is 1.10 bits per heavy atom. The van der Waals surface area contributed by atoms with Crippen molar-refractivity contribution >= 4 is 22.4 Å². The van der Waals surface area contributed by atoms with Crippen LogP contribution in [0.25, 0.3) is 10.8 Å². The quantitative estimate of drug-likeness (QED) is 0.649. The molecule has 0 saturated carbocycles. The molecule has 8 heteroatoms. The molecular formula is C23H23FN4O3. The first kappa shape index (κ1) is 19.5. The van der Waals surface area contributed by atoms with Gasteiger partial charge in [0.15, 0.2) is 5.69 Å². The summed E-state index contributed by atoms with van der Waals surface area (Å²) < 4.78 is 21.1. The van der Waals surface area contributed by atoms with Gasteiger partial charge in [0.1, 0.15) is 11.6 Å². The Labute approximate surface area is 178 Å². The highest BCUT2D eigenvalue weighted by atomic mass is 19.1. The van der Waals surface area contributed by atoms with Crippen LogP contribution in [0.2, 0.25) is 0 Å². The van der Waals surface area contributed by atoms with E-state index < -0.39 is 0 Å². The first-order valence-corrected chi connectivity index (χ1v) is 10.6. The topological polar surface area (TPSA) is 67.7 Å². The highest BCUT2D eigenvalue weighted by Gasteiger charge is 2.29. The number of benzene rings is 2. The summed E-state index contributed by atoms with van der Waals surface area (Å²) in [4.78, 5) is 29.8. The van der Waals surface area contributed by atoms with Gasteiger partial charge in [0.05, 0.1) is 17.7 Å². The molecule has 0 radical (unpaired) electrons. The summed E-state index contributed by atoms with van der Waals surface area (Å²) in [6.07, 6.45) is 0.583. The number of rotatable bonds is 3. The second-order valence-corrected chi connectivity index (χ2v) is 7.77. The van der Waals surface area contributed by atoms with Crippen LogP contribution >= 0.6 is 0 Å². The molecule has 7 nitrogen and oxygen atoms in total. The fourth-order valence-corrected chi connectivity index (χ4v) is 4.40. The van der Waals surface area contributed by atoms with Crippen LogP contribution < -0.4 is 15.2 Å². The molecule has 0 N–H and O–H groups in total. The number of hydrogen-bond donors (Lipinski definition) is 0. The summed E-state index contributed by atoms with van der Waals surface area (Å²) in [7, 11) is 0. The van der Waals surface area contributed by atoms with Crippen molar-refractivity contribution in [3.8, 4) is 5.75 Å². The first-order valence-electron chi connectivity index (χ1n) is 10.6. The number of carbonyl (C=O) groups excluding carboxylic acids is 1. The van der Waals surface area contributed by atoms with Gasteiger partial charge in [-0.1, -0.05) is 18.2 Å². The molecule has 1 saturated heterocycles. The smallest absolute Gasteiger partial charge is 0.275 e. The summed E-state index contributed by atoms with van der Waals surface area (Å²) >= 11 is 0. The van der Waals surface area contributed by atoms with Crippen molar-refractivity contribution in [2.24, 2.45) is 0 Å². The zero-order valence-corrected chi connectivity index (χ0v) is 17.3. The van der Waals surface area contributed by atoms with Gasteiger partial charge in [0.25, 0.3) is 11.5 Å². The number of aryl methyl sites for hydroxylation is 1. The van der Waals surface area contributed by atoms with Crippen molar-refractivity contribution < 1.29 is 13.9 Å². The molecule has 3 aromatic rings. The fourth-order valence-electron chi connectivity index (χ4n) is 4.40. The van der Waals surface area contributed by atoms with Crippen LogP contribution in [0.1, 0.15) is 23.0 Å². The Balaban J connectivity index is 1.40. The molecule has 0 spiro atoms. The van der Waals surface area contributed by atoms with E-state index >= 15 is 0 Å². The van der Waals surface area contributed by atoms with Gasteiger partial charge in [-0.25, -0.2) is 9.07 Å². The van der Waals surface area contributed by atoms with Gasteiger partial charge >= 0.3 is 0 Å². The molecule has 31 heavy (non-hydrogen) atoms. The largest absolute Gasteiger partial charge is 0.491 e. The molecule has 2 aliphatic heterocycles. The minimum atomic E-state index is -0.228. The number of carbonyl (C=O) groups is 1. The lowest BCUT2D eigenvalue weighted by Crippen LogP contribution is -2.49. The highest BCUT2D eigenvalue weighted by Crippen LogP contribution is 2.38. The number of halogens is 1. The molecule has 0 aliphatic carbocycles. The van der Waals surface area contributed by atoms with E-state index in [-0.39, 0.29) is 17.3 Å². The number of piperazine rings is 1. The van der Waals surface area contributed by atoms with Crippen LogP contribution in [0, 0.1) is 5.82 Å². The van der Waals surface area contributed by atoms with Gasteiger partial charge < -0.3 is 14.5 Å². The molecular weight excluding hydrogens is 399 g/mol. The maximum absolute atomic E-state index is 14.0. The summed E-state index contributed by atoms with van der Waals surface area (Å²) in [5.74, 6) is 0.218. The summed E-state index contributed by atoms with van der Waals surface area (Å²) in [6.45, 7) is 4.95. The fraction of sp³-hybridized carbons (Fsp3) is 0.348. The third kappa shape index (κ3) is 3.22. The molecule has 160 valence electrons. The third-order valence-corrected chi connectivity index (χ3v) is 6.06. The average molecular weight is 422 g/mol. The molecule has 5 rings (SSSR count). The monoisotopic (exact) mass is 422 g/mol. The molecule has 1 aromatic heterocycles. The number of aromatic nitrogens is 2. The normalized spacial score (nSPS) is 15.8. The first-order chi connectivity index (χ1) is 15.1. The van der Waals surface area contributed by atoms with E-state index in [4.69, 9.17) is 4.74 Å². The molecule has 3 heterocycles. The van der Waals surface area contributed by atoms with Crippen molar-refractivity contribution in [3.63, 3.8) is 0 Å². The maximum atomic E-state index is 14.0. The average Bonchev–Trinajstić information content (AvgIpc) is 3.31. The van der Waals surface area contributed by atoms with Crippen molar-refractivity contribution in [3.05, 3.63) is 63.8 Å². The van der Waals surface area contributed by atoms with Gasteiger partial charge in [0, 0.05) is 50.1 Å². The van der Waals surface area contributed by atoms with Crippen molar-refractivity contribution in [1.82, 2.24) is 14.7 Å². The highest BCUT2D eigenvalue weighted by molar-refractivity contribution is 6.04. The molecule has 0 bridgehead atoms. The predicted molar refractivity (Wildman–Crippen MR) is 115 cm³/mol. The van der Waals surface area contributed by atoms with Gasteiger partial charge in [-0.2, -0.15) is 5.10 Å². The van der Waals surface area contributed by atoms with Crippen LogP contribution in [0.3, 0.4) is 0 Å². The Kier molecular flexibility index (Phi) is 4.84. The standard InChI is InChI=1S/C23H23FN4O3/c1-2-28-22(29)16-6-4-3-5-15(16)20(25-28)23(30)27-12-10-26(11-13-27)19-8-7-18(24)17-9-14-31-21(17)19/h3-8H,2,9-14H2,1H3. The van der Waals surface area contributed by atoms with Gasteiger partial charge in [-0.15, -0.1) is 0 Å². The van der Waals surface area contributed by atoms with Crippen LogP contribution in [0.5, 0.6) is 5.75 Å². The van der Waals surface area contributed by atoms with E-state index in [1.165, 1.54) is 10.7 Å². The predicted octanol–water partition coefficient (Wildman–Crippen LogP) is 2.45. The number of hydrogen-bond acceptors (Lipinski definition) is 5. The summed E-state index contributed by atoms with van der Waals surface area (Å²) in [6, 6.07) is 10.3. The van der Waals surface area contributed by atoms with E-state index in [0.717, 1.165) is 5.69 Å². The number of anilines is 1. The maximum Gasteiger partial charge on any atom is 0.275 e. The third-order valence-electron chi connectivity index (χ3n) is 6.06. The van der Waals surface area contributed by atoms with E-state index in [0.29, 0.717) is 73.5 Å². The van der Waals surface area contributed by atoms with Crippen molar-refractivity contribution in [2.75, 3.05) is 37.7 Å². The lowest BCUT2D eigenvalue weighted by molar-refractivity contribution is 0.0740. The van der Waals surface area contributed by atoms with Crippen LogP contribution in [-0.4, -0.2) is 53.4 Å². The Morgan fingerprint density at radius 2 is 1.84 bits per heavy atom. The summed E-state index contributed by atoms with van der Waals surface area (Å²) in [5.41, 5.74) is 1.62. The van der Waals surface area contributed by atoms with Crippen LogP contribution in [0.15, 0.2) is 41.2 Å². The number of nitrogens with zero attached hydrogens (tertiary/aromatic N) is 4.